The summed E-state index contributed by atoms with van der Waals surface area (Å²) in [5.41, 5.74) is 0. The third-order valence-corrected chi connectivity index (χ3v) is 4.14. The second-order valence-electron chi connectivity index (χ2n) is 5.58. The SMILES string of the molecule is CN=C(NCCC1CCCCC1)NC1CC=CC1.I. The van der Waals surface area contributed by atoms with Gasteiger partial charge in [-0.25, -0.2) is 0 Å². The number of guanidine groups is 1. The molecule has 0 saturated heterocycles. The smallest absolute Gasteiger partial charge is 0.191 e. The van der Waals surface area contributed by atoms with Crippen molar-refractivity contribution >= 4 is 29.9 Å². The highest BCUT2D eigenvalue weighted by atomic mass is 127. The minimum Gasteiger partial charge on any atom is -0.356 e. The molecule has 0 spiro atoms. The van der Waals surface area contributed by atoms with E-state index in [-0.39, 0.29) is 24.0 Å². The number of hydrogen-bond acceptors (Lipinski definition) is 1. The maximum atomic E-state index is 4.30. The van der Waals surface area contributed by atoms with E-state index in [0.29, 0.717) is 6.04 Å². The lowest BCUT2D eigenvalue weighted by Crippen LogP contribution is -2.43. The van der Waals surface area contributed by atoms with Gasteiger partial charge in [0, 0.05) is 19.6 Å². The Morgan fingerprint density at radius 1 is 1.16 bits per heavy atom. The van der Waals surface area contributed by atoms with E-state index in [1.165, 1.54) is 38.5 Å². The molecule has 0 aromatic carbocycles. The van der Waals surface area contributed by atoms with Crippen LogP contribution in [0.1, 0.15) is 51.4 Å². The summed E-state index contributed by atoms with van der Waals surface area (Å²) in [6, 6.07) is 0.547. The quantitative estimate of drug-likeness (QED) is 0.341. The molecule has 2 aliphatic carbocycles. The number of hydrogen-bond donors (Lipinski definition) is 2. The summed E-state index contributed by atoms with van der Waals surface area (Å²) >= 11 is 0. The largest absolute Gasteiger partial charge is 0.356 e. The topological polar surface area (TPSA) is 36.4 Å². The predicted octanol–water partition coefficient (Wildman–Crippen LogP) is 3.46. The van der Waals surface area contributed by atoms with E-state index in [9.17, 15) is 0 Å². The summed E-state index contributed by atoms with van der Waals surface area (Å²) in [4.78, 5) is 4.30. The van der Waals surface area contributed by atoms with E-state index in [0.717, 1.165) is 31.3 Å². The highest BCUT2D eigenvalue weighted by Gasteiger charge is 2.14. The van der Waals surface area contributed by atoms with Gasteiger partial charge in [0.2, 0.25) is 0 Å². The Morgan fingerprint density at radius 3 is 2.47 bits per heavy atom. The lowest BCUT2D eigenvalue weighted by atomic mass is 9.87. The van der Waals surface area contributed by atoms with Gasteiger partial charge in [0.25, 0.3) is 0 Å². The molecule has 19 heavy (non-hydrogen) atoms. The fraction of sp³-hybridized carbons (Fsp3) is 0.800. The van der Waals surface area contributed by atoms with Gasteiger partial charge in [0.15, 0.2) is 5.96 Å². The van der Waals surface area contributed by atoms with Gasteiger partial charge in [-0.05, 0) is 25.2 Å². The van der Waals surface area contributed by atoms with E-state index in [4.69, 9.17) is 0 Å². The third-order valence-electron chi connectivity index (χ3n) is 4.14. The van der Waals surface area contributed by atoms with Crippen molar-refractivity contribution in [3.05, 3.63) is 12.2 Å². The Balaban J connectivity index is 0.00000180. The van der Waals surface area contributed by atoms with E-state index >= 15 is 0 Å². The Hall–Kier alpha value is -0.260. The molecule has 1 saturated carbocycles. The molecule has 2 N–H and O–H groups in total. The van der Waals surface area contributed by atoms with Gasteiger partial charge in [-0.1, -0.05) is 44.3 Å². The van der Waals surface area contributed by atoms with Crippen LogP contribution in [0.25, 0.3) is 0 Å². The summed E-state index contributed by atoms with van der Waals surface area (Å²) in [6.45, 7) is 1.06. The zero-order valence-corrected chi connectivity index (χ0v) is 14.4. The van der Waals surface area contributed by atoms with Crippen LogP contribution in [0, 0.1) is 5.92 Å². The molecular weight excluding hydrogens is 349 g/mol. The van der Waals surface area contributed by atoms with Crippen molar-refractivity contribution in [2.75, 3.05) is 13.6 Å². The van der Waals surface area contributed by atoms with Gasteiger partial charge >= 0.3 is 0 Å². The molecule has 0 unspecified atom stereocenters. The van der Waals surface area contributed by atoms with E-state index in [1.807, 2.05) is 7.05 Å². The average molecular weight is 377 g/mol. The van der Waals surface area contributed by atoms with Gasteiger partial charge in [-0.3, -0.25) is 4.99 Å². The molecule has 0 aliphatic heterocycles. The van der Waals surface area contributed by atoms with Crippen LogP contribution in [0.3, 0.4) is 0 Å². The molecule has 0 bridgehead atoms. The highest BCUT2D eigenvalue weighted by molar-refractivity contribution is 14.0. The van der Waals surface area contributed by atoms with Crippen molar-refractivity contribution < 1.29 is 0 Å². The van der Waals surface area contributed by atoms with E-state index in [1.54, 1.807) is 0 Å². The molecule has 1 fully saturated rings. The third kappa shape index (κ3) is 6.15. The van der Waals surface area contributed by atoms with Gasteiger partial charge < -0.3 is 10.6 Å². The molecule has 2 rings (SSSR count). The Labute approximate surface area is 134 Å². The number of rotatable bonds is 4. The highest BCUT2D eigenvalue weighted by Crippen LogP contribution is 2.25. The second-order valence-corrected chi connectivity index (χ2v) is 5.58. The van der Waals surface area contributed by atoms with Gasteiger partial charge in [-0.2, -0.15) is 0 Å². The average Bonchev–Trinajstić information content (AvgIpc) is 2.92. The number of nitrogens with zero attached hydrogens (tertiary/aromatic N) is 1. The van der Waals surface area contributed by atoms with Crippen molar-refractivity contribution in [1.29, 1.82) is 0 Å². The molecule has 2 aliphatic rings. The van der Waals surface area contributed by atoms with Crippen LogP contribution >= 0.6 is 24.0 Å². The summed E-state index contributed by atoms with van der Waals surface area (Å²) in [5.74, 6) is 1.91. The van der Waals surface area contributed by atoms with Gasteiger partial charge in [-0.15, -0.1) is 24.0 Å². The van der Waals surface area contributed by atoms with Crippen LogP contribution in [-0.4, -0.2) is 25.6 Å². The summed E-state index contributed by atoms with van der Waals surface area (Å²) < 4.78 is 0. The first-order valence-corrected chi connectivity index (χ1v) is 7.50. The van der Waals surface area contributed by atoms with Gasteiger partial charge in [0.05, 0.1) is 0 Å². The molecule has 110 valence electrons. The van der Waals surface area contributed by atoms with Crippen LogP contribution < -0.4 is 10.6 Å². The first kappa shape index (κ1) is 16.8. The van der Waals surface area contributed by atoms with Crippen molar-refractivity contribution in [2.45, 2.75) is 57.4 Å². The van der Waals surface area contributed by atoms with Crippen LogP contribution in [0.4, 0.5) is 0 Å². The van der Waals surface area contributed by atoms with Crippen molar-refractivity contribution in [3.63, 3.8) is 0 Å². The van der Waals surface area contributed by atoms with Crippen molar-refractivity contribution in [2.24, 2.45) is 10.9 Å². The normalized spacial score (nSPS) is 21.2. The lowest BCUT2D eigenvalue weighted by molar-refractivity contribution is 0.339. The van der Waals surface area contributed by atoms with Crippen LogP contribution in [0.2, 0.25) is 0 Å². The minimum absolute atomic E-state index is 0. The minimum atomic E-state index is 0. The fourth-order valence-corrected chi connectivity index (χ4v) is 2.99. The fourth-order valence-electron chi connectivity index (χ4n) is 2.99. The first-order chi connectivity index (χ1) is 8.88. The molecule has 0 atom stereocenters. The van der Waals surface area contributed by atoms with Crippen LogP contribution in [0.15, 0.2) is 17.1 Å². The molecule has 3 nitrogen and oxygen atoms in total. The van der Waals surface area contributed by atoms with E-state index < -0.39 is 0 Å². The summed E-state index contributed by atoms with van der Waals surface area (Å²) in [5, 5.41) is 6.93. The Bertz CT molecular complexity index is 288. The second kappa shape index (κ2) is 9.61. The van der Waals surface area contributed by atoms with E-state index in [2.05, 4.69) is 27.8 Å². The number of nitrogens with one attached hydrogen (secondary N) is 2. The zero-order chi connectivity index (χ0) is 12.6. The molecule has 0 aromatic rings. The maximum Gasteiger partial charge on any atom is 0.191 e. The van der Waals surface area contributed by atoms with Crippen LogP contribution in [-0.2, 0) is 0 Å². The lowest BCUT2D eigenvalue weighted by Gasteiger charge is -2.22. The number of halogens is 1. The first-order valence-electron chi connectivity index (χ1n) is 7.50. The Morgan fingerprint density at radius 2 is 1.84 bits per heavy atom. The van der Waals surface area contributed by atoms with Crippen molar-refractivity contribution in [3.8, 4) is 0 Å². The molecule has 0 aromatic heterocycles. The molecular formula is C15H28IN3. The maximum absolute atomic E-state index is 4.30. The predicted molar refractivity (Wildman–Crippen MR) is 93.3 cm³/mol. The summed E-state index contributed by atoms with van der Waals surface area (Å²) in [7, 11) is 1.86. The zero-order valence-electron chi connectivity index (χ0n) is 12.0. The van der Waals surface area contributed by atoms with Crippen LogP contribution in [0.5, 0.6) is 0 Å². The van der Waals surface area contributed by atoms with Crippen molar-refractivity contribution in [1.82, 2.24) is 10.6 Å². The molecule has 0 heterocycles. The standard InChI is InChI=1S/C15H27N3.HI/c1-16-15(18-14-9-5-6-10-14)17-12-11-13-7-3-2-4-8-13;/h5-6,13-14H,2-4,7-12H2,1H3,(H2,16,17,18);1H. The Kier molecular flexibility index (Phi) is 8.50. The monoisotopic (exact) mass is 377 g/mol. The number of aliphatic imine (C=N–C) groups is 1. The summed E-state index contributed by atoms with van der Waals surface area (Å²) in [6.07, 6.45) is 15.2. The molecule has 0 radical (unpaired) electrons. The van der Waals surface area contributed by atoms with Gasteiger partial charge in [0.1, 0.15) is 0 Å². The molecule has 0 amide bonds. The molecule has 4 heteroatoms.